The van der Waals surface area contributed by atoms with Gasteiger partial charge in [-0.05, 0) is 31.2 Å². The maximum atomic E-state index is 12.9. The van der Waals surface area contributed by atoms with E-state index in [4.69, 9.17) is 0 Å². The van der Waals surface area contributed by atoms with Crippen LogP contribution in [-0.4, -0.2) is 33.0 Å². The molecule has 2 amide bonds. The molecule has 28 heavy (non-hydrogen) atoms. The number of aromatic nitrogens is 2. The van der Waals surface area contributed by atoms with Crippen molar-refractivity contribution in [3.63, 3.8) is 0 Å². The summed E-state index contributed by atoms with van der Waals surface area (Å²) in [4.78, 5) is 24.3. The number of benzene rings is 2. The lowest BCUT2D eigenvalue weighted by Crippen LogP contribution is -2.25. The molecule has 0 saturated heterocycles. The first-order valence-electron chi connectivity index (χ1n) is 8.38. The van der Waals surface area contributed by atoms with E-state index in [1.807, 2.05) is 30.3 Å². The van der Waals surface area contributed by atoms with Gasteiger partial charge in [-0.2, -0.15) is 0 Å². The lowest BCUT2D eigenvalue weighted by Gasteiger charge is -2.10. The van der Waals surface area contributed by atoms with Gasteiger partial charge in [0.05, 0.1) is 11.0 Å². The Morgan fingerprint density at radius 1 is 1.07 bits per heavy atom. The zero-order valence-electron chi connectivity index (χ0n) is 14.9. The average Bonchev–Trinajstić information content (AvgIpc) is 3.17. The lowest BCUT2D eigenvalue weighted by molar-refractivity contribution is -0.115. The van der Waals surface area contributed by atoms with Crippen molar-refractivity contribution in [2.75, 3.05) is 16.4 Å². The summed E-state index contributed by atoms with van der Waals surface area (Å²) in [5, 5.41) is 14.1. The molecule has 0 fully saturated rings. The fraction of sp³-hybridized carbons (Fsp3) is 0.158. The molecule has 1 unspecified atom stereocenters. The zero-order chi connectivity index (χ0) is 19.9. The average molecular weight is 417 g/mol. The highest BCUT2D eigenvalue weighted by molar-refractivity contribution is 8.01. The van der Waals surface area contributed by atoms with Crippen LogP contribution in [0.4, 0.5) is 15.2 Å². The third-order valence-corrected chi connectivity index (χ3v) is 5.67. The molecule has 2 aromatic carbocycles. The number of nitrogens with zero attached hydrogens (tertiary/aromatic N) is 2. The smallest absolute Gasteiger partial charge is 0.239 e. The summed E-state index contributed by atoms with van der Waals surface area (Å²) in [6.07, 6.45) is 0. The zero-order valence-corrected chi connectivity index (χ0v) is 16.5. The Balaban J connectivity index is 1.47. The number of hydrogen-bond donors (Lipinski definition) is 2. The number of halogens is 1. The van der Waals surface area contributed by atoms with E-state index < -0.39 is 5.25 Å². The Morgan fingerprint density at radius 3 is 2.50 bits per heavy atom. The van der Waals surface area contributed by atoms with Crippen LogP contribution < -0.4 is 10.6 Å². The van der Waals surface area contributed by atoms with Gasteiger partial charge in [0, 0.05) is 11.3 Å². The van der Waals surface area contributed by atoms with Crippen molar-refractivity contribution in [3.8, 4) is 10.6 Å². The Hall–Kier alpha value is -2.78. The van der Waals surface area contributed by atoms with Gasteiger partial charge in [-0.3, -0.25) is 14.9 Å². The van der Waals surface area contributed by atoms with Crippen molar-refractivity contribution >= 4 is 45.7 Å². The predicted octanol–water partition coefficient (Wildman–Crippen LogP) is 4.04. The maximum absolute atomic E-state index is 12.9. The van der Waals surface area contributed by atoms with Crippen molar-refractivity contribution in [3.05, 3.63) is 60.4 Å². The molecule has 3 rings (SSSR count). The van der Waals surface area contributed by atoms with Crippen LogP contribution in [0.1, 0.15) is 6.92 Å². The molecule has 0 aliphatic heterocycles. The number of anilines is 2. The van der Waals surface area contributed by atoms with Crippen molar-refractivity contribution < 1.29 is 14.0 Å². The van der Waals surface area contributed by atoms with E-state index in [2.05, 4.69) is 20.8 Å². The number of rotatable bonds is 7. The molecule has 6 nitrogen and oxygen atoms in total. The van der Waals surface area contributed by atoms with Gasteiger partial charge in [0.15, 0.2) is 0 Å². The van der Waals surface area contributed by atoms with E-state index >= 15 is 0 Å². The normalized spacial score (nSPS) is 11.6. The standard InChI is InChI=1S/C19H17FN4O2S2/c1-12(27-11-16(25)21-15-9-7-14(20)8-10-15)17(26)22-19-24-23-18(28-19)13-5-3-2-4-6-13/h2-10,12H,11H2,1H3,(H,21,25)(H,22,24,26). The van der Waals surface area contributed by atoms with Crippen LogP contribution in [0, 0.1) is 5.82 Å². The van der Waals surface area contributed by atoms with E-state index in [1.165, 1.54) is 47.4 Å². The molecule has 1 atom stereocenters. The van der Waals surface area contributed by atoms with E-state index in [1.54, 1.807) is 6.92 Å². The van der Waals surface area contributed by atoms with Crippen molar-refractivity contribution in [2.24, 2.45) is 0 Å². The number of nitrogens with one attached hydrogen (secondary N) is 2. The third kappa shape index (κ3) is 5.61. The van der Waals surface area contributed by atoms with E-state index in [-0.39, 0.29) is 23.4 Å². The molecule has 0 aliphatic carbocycles. The van der Waals surface area contributed by atoms with Gasteiger partial charge in [-0.15, -0.1) is 22.0 Å². The van der Waals surface area contributed by atoms with E-state index in [0.717, 1.165) is 10.6 Å². The van der Waals surface area contributed by atoms with Gasteiger partial charge in [0.2, 0.25) is 16.9 Å². The Labute approximate surface area is 169 Å². The largest absolute Gasteiger partial charge is 0.325 e. The molecule has 9 heteroatoms. The molecule has 2 N–H and O–H groups in total. The van der Waals surface area contributed by atoms with Gasteiger partial charge < -0.3 is 5.32 Å². The first-order chi connectivity index (χ1) is 13.5. The number of carbonyl (C=O) groups excluding carboxylic acids is 2. The lowest BCUT2D eigenvalue weighted by atomic mass is 10.2. The number of hydrogen-bond acceptors (Lipinski definition) is 6. The number of thioether (sulfide) groups is 1. The summed E-state index contributed by atoms with van der Waals surface area (Å²) in [5.74, 6) is -0.796. The first-order valence-corrected chi connectivity index (χ1v) is 10.2. The summed E-state index contributed by atoms with van der Waals surface area (Å²) >= 11 is 2.48. The molecule has 1 heterocycles. The second kappa shape index (κ2) is 9.43. The predicted molar refractivity (Wildman–Crippen MR) is 111 cm³/mol. The Bertz CT molecular complexity index is 948. The van der Waals surface area contributed by atoms with Crippen LogP contribution in [0.25, 0.3) is 10.6 Å². The summed E-state index contributed by atoms with van der Waals surface area (Å²) in [7, 11) is 0. The summed E-state index contributed by atoms with van der Waals surface area (Å²) in [6, 6.07) is 15.1. The fourth-order valence-electron chi connectivity index (χ4n) is 2.18. The highest BCUT2D eigenvalue weighted by Crippen LogP contribution is 2.26. The molecule has 1 aromatic heterocycles. The fourth-order valence-corrected chi connectivity index (χ4v) is 3.62. The second-order valence-corrected chi connectivity index (χ2v) is 8.08. The Morgan fingerprint density at radius 2 is 1.79 bits per heavy atom. The third-order valence-electron chi connectivity index (χ3n) is 3.64. The molecule has 0 saturated carbocycles. The number of amides is 2. The van der Waals surface area contributed by atoms with Gasteiger partial charge in [0.1, 0.15) is 10.8 Å². The first kappa shape index (κ1) is 20.0. The van der Waals surface area contributed by atoms with Crippen LogP contribution in [-0.2, 0) is 9.59 Å². The van der Waals surface area contributed by atoms with Crippen LogP contribution in [0.3, 0.4) is 0 Å². The van der Waals surface area contributed by atoms with Crippen molar-refractivity contribution in [2.45, 2.75) is 12.2 Å². The monoisotopic (exact) mass is 416 g/mol. The van der Waals surface area contributed by atoms with Gasteiger partial charge in [-0.25, -0.2) is 4.39 Å². The molecule has 144 valence electrons. The van der Waals surface area contributed by atoms with Crippen LogP contribution >= 0.6 is 23.1 Å². The summed E-state index contributed by atoms with van der Waals surface area (Å²) in [6.45, 7) is 1.71. The molecular weight excluding hydrogens is 399 g/mol. The van der Waals surface area contributed by atoms with Crippen molar-refractivity contribution in [1.29, 1.82) is 0 Å². The van der Waals surface area contributed by atoms with Crippen LogP contribution in [0.15, 0.2) is 54.6 Å². The minimum atomic E-state index is -0.456. The summed E-state index contributed by atoms with van der Waals surface area (Å²) in [5.41, 5.74) is 1.44. The summed E-state index contributed by atoms with van der Waals surface area (Å²) < 4.78 is 12.9. The maximum Gasteiger partial charge on any atom is 0.239 e. The van der Waals surface area contributed by atoms with E-state index in [9.17, 15) is 14.0 Å². The highest BCUT2D eigenvalue weighted by atomic mass is 32.2. The molecule has 3 aromatic rings. The number of carbonyl (C=O) groups is 2. The van der Waals surface area contributed by atoms with Crippen molar-refractivity contribution in [1.82, 2.24) is 10.2 Å². The molecule has 0 bridgehead atoms. The topological polar surface area (TPSA) is 84.0 Å². The molecule has 0 radical (unpaired) electrons. The molecule has 0 aliphatic rings. The minimum absolute atomic E-state index is 0.0946. The SMILES string of the molecule is CC(SCC(=O)Nc1ccc(F)cc1)C(=O)Nc1nnc(-c2ccccc2)s1. The molecule has 0 spiro atoms. The highest BCUT2D eigenvalue weighted by Gasteiger charge is 2.17. The van der Waals surface area contributed by atoms with E-state index in [0.29, 0.717) is 10.8 Å². The van der Waals surface area contributed by atoms with Gasteiger partial charge in [-0.1, -0.05) is 41.7 Å². The Kier molecular flexibility index (Phi) is 6.72. The quantitative estimate of drug-likeness (QED) is 0.607. The van der Waals surface area contributed by atoms with Gasteiger partial charge in [0.25, 0.3) is 0 Å². The molecular formula is C19H17FN4O2S2. The second-order valence-electron chi connectivity index (χ2n) is 5.78. The van der Waals surface area contributed by atoms with Gasteiger partial charge >= 0.3 is 0 Å². The van der Waals surface area contributed by atoms with Crippen LogP contribution in [0.2, 0.25) is 0 Å². The van der Waals surface area contributed by atoms with Crippen LogP contribution in [0.5, 0.6) is 0 Å². The minimum Gasteiger partial charge on any atom is -0.325 e.